The van der Waals surface area contributed by atoms with Crippen molar-refractivity contribution in [3.05, 3.63) is 23.7 Å². The van der Waals surface area contributed by atoms with E-state index in [9.17, 15) is 9.59 Å². The number of nitrogens with two attached hydrogens (primary N) is 1. The first-order valence-electron chi connectivity index (χ1n) is 5.78. The molecule has 7 heteroatoms. The minimum atomic E-state index is -0.463. The molecular weight excluding hydrogens is 236 g/mol. The molecule has 2 rings (SSSR count). The number of carbonyl (C=O) groups is 2. The summed E-state index contributed by atoms with van der Waals surface area (Å²) in [7, 11) is 0. The summed E-state index contributed by atoms with van der Waals surface area (Å²) in [4.78, 5) is 24.6. The van der Waals surface area contributed by atoms with Crippen LogP contribution in [0.15, 0.2) is 16.5 Å². The maximum absolute atomic E-state index is 11.4. The maximum atomic E-state index is 11.4. The van der Waals surface area contributed by atoms with Gasteiger partial charge in [0.1, 0.15) is 5.76 Å². The number of hydrazine groups is 1. The van der Waals surface area contributed by atoms with Gasteiger partial charge < -0.3 is 9.73 Å². The van der Waals surface area contributed by atoms with Crippen LogP contribution in [-0.4, -0.2) is 36.3 Å². The molecule has 1 aliphatic rings. The molecule has 0 unspecified atom stereocenters. The van der Waals surface area contributed by atoms with E-state index in [1.807, 2.05) is 10.3 Å². The quantitative estimate of drug-likeness (QED) is 0.371. The Kier molecular flexibility index (Phi) is 3.96. The molecule has 0 aliphatic carbocycles. The maximum Gasteiger partial charge on any atom is 0.300 e. The minimum absolute atomic E-state index is 0.0129. The lowest BCUT2D eigenvalue weighted by atomic mass is 10.3. The van der Waals surface area contributed by atoms with E-state index in [0.29, 0.717) is 25.4 Å². The highest BCUT2D eigenvalue weighted by Gasteiger charge is 2.17. The predicted octanol–water partition coefficient (Wildman–Crippen LogP) is -0.795. The average Bonchev–Trinajstić information content (AvgIpc) is 2.72. The van der Waals surface area contributed by atoms with Gasteiger partial charge in [-0.1, -0.05) is 0 Å². The Hall–Kier alpha value is -1.86. The topological polar surface area (TPSA) is 101 Å². The molecule has 2 amide bonds. The fraction of sp³-hybridized carbons (Fsp3) is 0.455. The zero-order valence-electron chi connectivity index (χ0n) is 9.94. The summed E-state index contributed by atoms with van der Waals surface area (Å²) in [6.07, 6.45) is 0.905. The van der Waals surface area contributed by atoms with Crippen LogP contribution in [0.5, 0.6) is 0 Å². The van der Waals surface area contributed by atoms with Crippen LogP contribution >= 0.6 is 0 Å². The Morgan fingerprint density at radius 2 is 2.39 bits per heavy atom. The van der Waals surface area contributed by atoms with Crippen molar-refractivity contribution in [2.45, 2.75) is 13.0 Å². The highest BCUT2D eigenvalue weighted by Crippen LogP contribution is 2.11. The van der Waals surface area contributed by atoms with Gasteiger partial charge in [0.25, 0.3) is 0 Å². The molecule has 4 N–H and O–H groups in total. The molecule has 18 heavy (non-hydrogen) atoms. The molecule has 0 aromatic carbocycles. The number of nitrogens with zero attached hydrogens (tertiary/aromatic N) is 1. The van der Waals surface area contributed by atoms with Crippen LogP contribution in [0, 0.1) is 0 Å². The molecule has 0 radical (unpaired) electrons. The largest absolute Gasteiger partial charge is 0.455 e. The van der Waals surface area contributed by atoms with Gasteiger partial charge in [0, 0.05) is 13.1 Å². The first kappa shape index (κ1) is 12.6. The summed E-state index contributed by atoms with van der Waals surface area (Å²) in [5, 5.41) is 2.80. The van der Waals surface area contributed by atoms with Gasteiger partial charge in [0.2, 0.25) is 5.91 Å². The zero-order chi connectivity index (χ0) is 13.0. The predicted molar refractivity (Wildman–Crippen MR) is 63.3 cm³/mol. The number of hydrogen-bond donors (Lipinski definition) is 3. The fourth-order valence-corrected chi connectivity index (χ4v) is 1.88. The fourth-order valence-electron chi connectivity index (χ4n) is 1.88. The number of hydrogen-bond acceptors (Lipinski definition) is 5. The molecule has 98 valence electrons. The van der Waals surface area contributed by atoms with Crippen LogP contribution in [-0.2, 0) is 11.3 Å². The molecule has 1 aromatic heterocycles. The van der Waals surface area contributed by atoms with E-state index in [1.165, 1.54) is 0 Å². The van der Waals surface area contributed by atoms with E-state index in [4.69, 9.17) is 10.3 Å². The minimum Gasteiger partial charge on any atom is -0.455 e. The third-order valence-electron chi connectivity index (χ3n) is 2.74. The van der Waals surface area contributed by atoms with Crippen LogP contribution in [0.1, 0.15) is 22.7 Å². The number of rotatable bonds is 3. The van der Waals surface area contributed by atoms with Crippen molar-refractivity contribution < 1.29 is 14.0 Å². The molecule has 1 aromatic rings. The first-order chi connectivity index (χ1) is 8.69. The Bertz CT molecular complexity index is 443. The lowest BCUT2D eigenvalue weighted by Gasteiger charge is -2.16. The van der Waals surface area contributed by atoms with Gasteiger partial charge in [-0.3, -0.25) is 19.9 Å². The van der Waals surface area contributed by atoms with Crippen molar-refractivity contribution in [3.8, 4) is 0 Å². The third kappa shape index (κ3) is 3.08. The van der Waals surface area contributed by atoms with Crippen molar-refractivity contribution in [2.75, 3.05) is 19.6 Å². The number of carbonyl (C=O) groups excluding carboxylic acids is 2. The third-order valence-corrected chi connectivity index (χ3v) is 2.74. The smallest absolute Gasteiger partial charge is 0.300 e. The second kappa shape index (κ2) is 5.65. The molecule has 0 bridgehead atoms. The van der Waals surface area contributed by atoms with Gasteiger partial charge in [0.05, 0.1) is 13.1 Å². The summed E-state index contributed by atoms with van der Waals surface area (Å²) >= 11 is 0. The van der Waals surface area contributed by atoms with Gasteiger partial charge in [-0.25, -0.2) is 5.84 Å². The van der Waals surface area contributed by atoms with Gasteiger partial charge in [-0.2, -0.15) is 0 Å². The number of nitrogen functional groups attached to an aromatic ring is 1. The molecule has 0 atom stereocenters. The van der Waals surface area contributed by atoms with Crippen molar-refractivity contribution in [2.24, 2.45) is 5.84 Å². The summed E-state index contributed by atoms with van der Waals surface area (Å²) in [6.45, 7) is 2.37. The van der Waals surface area contributed by atoms with Crippen molar-refractivity contribution >= 4 is 11.8 Å². The van der Waals surface area contributed by atoms with E-state index >= 15 is 0 Å². The van der Waals surface area contributed by atoms with Crippen LogP contribution in [0.2, 0.25) is 0 Å². The van der Waals surface area contributed by atoms with Crippen LogP contribution in [0.3, 0.4) is 0 Å². The molecule has 1 saturated heterocycles. The Morgan fingerprint density at radius 3 is 3.17 bits per heavy atom. The normalized spacial score (nSPS) is 17.1. The van der Waals surface area contributed by atoms with E-state index < -0.39 is 5.91 Å². The first-order valence-corrected chi connectivity index (χ1v) is 5.78. The molecule has 2 heterocycles. The monoisotopic (exact) mass is 252 g/mol. The molecule has 0 spiro atoms. The zero-order valence-corrected chi connectivity index (χ0v) is 9.94. The van der Waals surface area contributed by atoms with E-state index in [2.05, 4.69) is 5.32 Å². The molecule has 7 nitrogen and oxygen atoms in total. The van der Waals surface area contributed by atoms with Crippen LogP contribution < -0.4 is 16.6 Å². The van der Waals surface area contributed by atoms with E-state index in [0.717, 1.165) is 13.0 Å². The molecule has 1 aliphatic heterocycles. The highest BCUT2D eigenvalue weighted by atomic mass is 16.4. The second-order valence-electron chi connectivity index (χ2n) is 4.15. The second-order valence-corrected chi connectivity index (χ2v) is 4.15. The highest BCUT2D eigenvalue weighted by molar-refractivity contribution is 5.90. The van der Waals surface area contributed by atoms with E-state index in [1.54, 1.807) is 12.1 Å². The molecule has 0 saturated carbocycles. The summed E-state index contributed by atoms with van der Waals surface area (Å²) in [6, 6.07) is 3.28. The lowest BCUT2D eigenvalue weighted by Crippen LogP contribution is -2.32. The van der Waals surface area contributed by atoms with Gasteiger partial charge >= 0.3 is 5.91 Å². The molecular formula is C11H16N4O3. The SMILES string of the molecule is NNC(=O)c1ccc(CN2CCCNC(=O)C2)o1. The summed E-state index contributed by atoms with van der Waals surface area (Å²) in [5.74, 6) is 5.38. The van der Waals surface area contributed by atoms with Crippen molar-refractivity contribution in [1.29, 1.82) is 0 Å². The Labute approximate surface area is 104 Å². The van der Waals surface area contributed by atoms with Gasteiger partial charge in [0.15, 0.2) is 5.76 Å². The van der Waals surface area contributed by atoms with Crippen molar-refractivity contribution in [1.82, 2.24) is 15.6 Å². The van der Waals surface area contributed by atoms with Crippen LogP contribution in [0.4, 0.5) is 0 Å². The summed E-state index contributed by atoms with van der Waals surface area (Å²) in [5.41, 5.74) is 2.00. The van der Waals surface area contributed by atoms with Crippen molar-refractivity contribution in [3.63, 3.8) is 0 Å². The Morgan fingerprint density at radius 1 is 1.56 bits per heavy atom. The van der Waals surface area contributed by atoms with Gasteiger partial charge in [-0.05, 0) is 18.6 Å². The number of nitrogens with one attached hydrogen (secondary N) is 2. The Balaban J connectivity index is 1.98. The average molecular weight is 252 g/mol. The number of furan rings is 1. The number of amides is 2. The van der Waals surface area contributed by atoms with E-state index in [-0.39, 0.29) is 11.7 Å². The summed E-state index contributed by atoms with van der Waals surface area (Å²) < 4.78 is 5.35. The molecule has 1 fully saturated rings. The van der Waals surface area contributed by atoms with Gasteiger partial charge in [-0.15, -0.1) is 0 Å². The standard InChI is InChI=1S/C11H16N4O3/c12-14-11(17)9-3-2-8(18-9)6-15-5-1-4-13-10(16)7-15/h2-3H,1,4-7,12H2,(H,13,16)(H,14,17). The lowest BCUT2D eigenvalue weighted by molar-refractivity contribution is -0.121. The van der Waals surface area contributed by atoms with Crippen LogP contribution in [0.25, 0.3) is 0 Å².